The lowest BCUT2D eigenvalue weighted by Gasteiger charge is -2.33. The molecule has 4 rings (SSSR count). The molecule has 1 N–H and O–H groups in total. The first kappa shape index (κ1) is 13.7. The summed E-state index contributed by atoms with van der Waals surface area (Å²) >= 11 is 0. The molecule has 0 spiro atoms. The van der Waals surface area contributed by atoms with Crippen molar-refractivity contribution in [3.8, 4) is 0 Å². The summed E-state index contributed by atoms with van der Waals surface area (Å²) < 4.78 is 6.06. The Hall–Kier alpha value is -0.900. The van der Waals surface area contributed by atoms with Crippen LogP contribution in [0.5, 0.6) is 0 Å². The molecule has 1 aliphatic carbocycles. The lowest BCUT2D eigenvalue weighted by Crippen LogP contribution is -2.44. The molecule has 0 radical (unpaired) electrons. The Labute approximate surface area is 127 Å². The molecule has 2 aliphatic heterocycles. The third kappa shape index (κ3) is 3.01. The fraction of sp³-hybridized carbons (Fsp3) is 0.667. The molecular weight excluding hydrogens is 260 g/mol. The SMILES string of the molecule is c1ccc(C2CN(C3CCOC3C3CC3)CCCN2)cc1. The van der Waals surface area contributed by atoms with Gasteiger partial charge >= 0.3 is 0 Å². The summed E-state index contributed by atoms with van der Waals surface area (Å²) in [6.07, 6.45) is 5.75. The second kappa shape index (κ2) is 6.07. The van der Waals surface area contributed by atoms with Crippen LogP contribution in [-0.2, 0) is 4.74 Å². The molecule has 1 saturated carbocycles. The maximum absolute atomic E-state index is 6.06. The van der Waals surface area contributed by atoms with Gasteiger partial charge in [0, 0.05) is 25.2 Å². The Morgan fingerprint density at radius 3 is 2.76 bits per heavy atom. The molecule has 2 heterocycles. The fourth-order valence-electron chi connectivity index (χ4n) is 4.02. The minimum atomic E-state index is 0.467. The van der Waals surface area contributed by atoms with Crippen LogP contribution < -0.4 is 5.32 Å². The normalized spacial score (nSPS) is 34.8. The molecule has 1 aromatic rings. The van der Waals surface area contributed by atoms with Gasteiger partial charge in [0.1, 0.15) is 0 Å². The van der Waals surface area contributed by atoms with Crippen molar-refractivity contribution in [2.24, 2.45) is 5.92 Å². The van der Waals surface area contributed by atoms with Gasteiger partial charge in [0.05, 0.1) is 6.10 Å². The Morgan fingerprint density at radius 2 is 1.95 bits per heavy atom. The van der Waals surface area contributed by atoms with Crippen molar-refractivity contribution < 1.29 is 4.74 Å². The van der Waals surface area contributed by atoms with E-state index in [1.165, 1.54) is 37.8 Å². The van der Waals surface area contributed by atoms with Crippen LogP contribution in [0.4, 0.5) is 0 Å². The number of nitrogens with one attached hydrogen (secondary N) is 1. The summed E-state index contributed by atoms with van der Waals surface area (Å²) in [6.45, 7) is 4.43. The van der Waals surface area contributed by atoms with Crippen molar-refractivity contribution in [2.75, 3.05) is 26.2 Å². The Kier molecular flexibility index (Phi) is 3.97. The summed E-state index contributed by atoms with van der Waals surface area (Å²) in [5, 5.41) is 3.73. The number of hydrogen-bond acceptors (Lipinski definition) is 3. The molecule has 114 valence electrons. The smallest absolute Gasteiger partial charge is 0.0759 e. The van der Waals surface area contributed by atoms with Crippen molar-refractivity contribution in [2.45, 2.75) is 43.9 Å². The first-order valence-corrected chi connectivity index (χ1v) is 8.56. The third-order valence-electron chi connectivity index (χ3n) is 5.29. The summed E-state index contributed by atoms with van der Waals surface area (Å²) in [7, 11) is 0. The first-order valence-electron chi connectivity index (χ1n) is 8.56. The number of rotatable bonds is 3. The van der Waals surface area contributed by atoms with E-state index in [2.05, 4.69) is 40.5 Å². The van der Waals surface area contributed by atoms with Crippen LogP contribution >= 0.6 is 0 Å². The average Bonchev–Trinajstić information content (AvgIpc) is 3.31. The molecule has 3 heteroatoms. The number of benzene rings is 1. The highest BCUT2D eigenvalue weighted by Crippen LogP contribution is 2.40. The quantitative estimate of drug-likeness (QED) is 0.924. The number of ether oxygens (including phenoxy) is 1. The lowest BCUT2D eigenvalue weighted by molar-refractivity contribution is 0.0450. The molecule has 0 bridgehead atoms. The van der Waals surface area contributed by atoms with Crippen LogP contribution in [0.1, 0.15) is 37.3 Å². The monoisotopic (exact) mass is 286 g/mol. The van der Waals surface area contributed by atoms with Gasteiger partial charge in [-0.25, -0.2) is 0 Å². The zero-order chi connectivity index (χ0) is 14.1. The van der Waals surface area contributed by atoms with Crippen LogP contribution in [0.25, 0.3) is 0 Å². The van der Waals surface area contributed by atoms with Gasteiger partial charge in [0.25, 0.3) is 0 Å². The van der Waals surface area contributed by atoms with E-state index < -0.39 is 0 Å². The zero-order valence-electron chi connectivity index (χ0n) is 12.7. The van der Waals surface area contributed by atoms with E-state index in [0.717, 1.165) is 25.6 Å². The van der Waals surface area contributed by atoms with Crippen LogP contribution in [0.2, 0.25) is 0 Å². The molecule has 3 atom stereocenters. The highest BCUT2D eigenvalue weighted by atomic mass is 16.5. The van der Waals surface area contributed by atoms with E-state index in [9.17, 15) is 0 Å². The Balaban J connectivity index is 1.49. The molecular formula is C18H26N2O. The van der Waals surface area contributed by atoms with Gasteiger partial charge in [-0.1, -0.05) is 30.3 Å². The van der Waals surface area contributed by atoms with Gasteiger partial charge in [0.2, 0.25) is 0 Å². The first-order chi connectivity index (χ1) is 10.4. The molecule has 1 aromatic carbocycles. The molecule has 0 aromatic heterocycles. The predicted octanol–water partition coefficient (Wildman–Crippen LogP) is 2.59. The molecule has 2 saturated heterocycles. The van der Waals surface area contributed by atoms with Gasteiger partial charge in [-0.15, -0.1) is 0 Å². The number of nitrogens with zero attached hydrogens (tertiary/aromatic N) is 1. The Bertz CT molecular complexity index is 460. The second-order valence-corrected chi connectivity index (χ2v) is 6.79. The summed E-state index contributed by atoms with van der Waals surface area (Å²) in [5.41, 5.74) is 1.42. The van der Waals surface area contributed by atoms with Crippen molar-refractivity contribution in [1.82, 2.24) is 10.2 Å². The summed E-state index contributed by atoms with van der Waals surface area (Å²) in [5.74, 6) is 0.851. The molecule has 3 nitrogen and oxygen atoms in total. The van der Waals surface area contributed by atoms with E-state index >= 15 is 0 Å². The largest absolute Gasteiger partial charge is 0.376 e. The van der Waals surface area contributed by atoms with Crippen molar-refractivity contribution in [1.29, 1.82) is 0 Å². The molecule has 21 heavy (non-hydrogen) atoms. The van der Waals surface area contributed by atoms with E-state index in [1.54, 1.807) is 0 Å². The highest BCUT2D eigenvalue weighted by molar-refractivity contribution is 5.19. The summed E-state index contributed by atoms with van der Waals surface area (Å²) in [6, 6.07) is 12.0. The number of hydrogen-bond donors (Lipinski definition) is 1. The van der Waals surface area contributed by atoms with Crippen LogP contribution in [-0.4, -0.2) is 43.3 Å². The lowest BCUT2D eigenvalue weighted by atomic mass is 10.0. The average molecular weight is 286 g/mol. The topological polar surface area (TPSA) is 24.5 Å². The van der Waals surface area contributed by atoms with Crippen molar-refractivity contribution in [3.05, 3.63) is 35.9 Å². The van der Waals surface area contributed by atoms with Gasteiger partial charge < -0.3 is 10.1 Å². The van der Waals surface area contributed by atoms with Crippen molar-refractivity contribution in [3.63, 3.8) is 0 Å². The third-order valence-corrected chi connectivity index (χ3v) is 5.29. The standard InChI is InChI=1S/C18H26N2O/c1-2-5-14(6-3-1)16-13-20(11-4-10-19-16)17-9-12-21-18(17)15-7-8-15/h1-3,5-6,15-19H,4,7-13H2. The predicted molar refractivity (Wildman–Crippen MR) is 84.2 cm³/mol. The van der Waals surface area contributed by atoms with E-state index in [1.807, 2.05) is 0 Å². The van der Waals surface area contributed by atoms with Gasteiger partial charge in [-0.3, -0.25) is 4.90 Å². The van der Waals surface area contributed by atoms with E-state index in [-0.39, 0.29) is 0 Å². The van der Waals surface area contributed by atoms with Crippen LogP contribution in [0.15, 0.2) is 30.3 Å². The molecule has 0 amide bonds. The maximum Gasteiger partial charge on any atom is 0.0759 e. The minimum Gasteiger partial charge on any atom is -0.376 e. The molecule has 3 unspecified atom stereocenters. The van der Waals surface area contributed by atoms with Gasteiger partial charge in [-0.05, 0) is 50.3 Å². The van der Waals surface area contributed by atoms with Gasteiger partial charge in [-0.2, -0.15) is 0 Å². The minimum absolute atomic E-state index is 0.467. The molecule has 3 fully saturated rings. The van der Waals surface area contributed by atoms with Crippen LogP contribution in [0.3, 0.4) is 0 Å². The van der Waals surface area contributed by atoms with E-state index in [4.69, 9.17) is 4.74 Å². The summed E-state index contributed by atoms with van der Waals surface area (Å²) in [4.78, 5) is 2.72. The molecule has 3 aliphatic rings. The maximum atomic E-state index is 6.06. The van der Waals surface area contributed by atoms with Gasteiger partial charge in [0.15, 0.2) is 0 Å². The second-order valence-electron chi connectivity index (χ2n) is 6.79. The highest BCUT2D eigenvalue weighted by Gasteiger charge is 2.43. The Morgan fingerprint density at radius 1 is 1.10 bits per heavy atom. The van der Waals surface area contributed by atoms with E-state index in [0.29, 0.717) is 18.2 Å². The zero-order valence-corrected chi connectivity index (χ0v) is 12.7. The van der Waals surface area contributed by atoms with Crippen LogP contribution in [0, 0.1) is 5.92 Å². The fourth-order valence-corrected chi connectivity index (χ4v) is 4.02. The van der Waals surface area contributed by atoms with Crippen molar-refractivity contribution >= 4 is 0 Å².